The first-order valence-electron chi connectivity index (χ1n) is 13.0. The van der Waals surface area contributed by atoms with Crippen molar-refractivity contribution in [2.24, 2.45) is 0 Å². The standard InChI is InChI=1S/C31H30ClN3O4S/c32-28-13-7-8-14-29(28)39-23-30(36)33-26-15-17-27(18-16-26)40(37,38)35-21-19-34(20-22-35)31(24-9-3-1-4-10-24)25-11-5-2-6-12-25/h1-18,31H,19-23H2,(H,33,36). The van der Waals surface area contributed by atoms with Crippen molar-refractivity contribution in [1.82, 2.24) is 9.21 Å². The number of halogens is 1. The molecule has 0 unspecified atom stereocenters. The van der Waals surface area contributed by atoms with E-state index in [0.717, 1.165) is 0 Å². The number of anilines is 1. The number of benzene rings is 4. The van der Waals surface area contributed by atoms with Crippen LogP contribution in [0.3, 0.4) is 0 Å². The summed E-state index contributed by atoms with van der Waals surface area (Å²) in [6, 6.07) is 33.7. The largest absolute Gasteiger partial charge is 0.482 e. The predicted molar refractivity (Wildman–Crippen MR) is 157 cm³/mol. The molecule has 4 aromatic rings. The maximum absolute atomic E-state index is 13.4. The van der Waals surface area contributed by atoms with E-state index in [0.29, 0.717) is 42.6 Å². The Bertz CT molecular complexity index is 1490. The monoisotopic (exact) mass is 575 g/mol. The SMILES string of the molecule is O=C(COc1ccccc1Cl)Nc1ccc(S(=O)(=O)N2CCN(C(c3ccccc3)c3ccccc3)CC2)cc1. The van der Waals surface area contributed by atoms with Gasteiger partial charge in [0, 0.05) is 31.9 Å². The maximum Gasteiger partial charge on any atom is 0.262 e. The van der Waals surface area contributed by atoms with Gasteiger partial charge in [-0.1, -0.05) is 84.4 Å². The van der Waals surface area contributed by atoms with Crippen LogP contribution in [-0.2, 0) is 14.8 Å². The molecular weight excluding hydrogens is 546 g/mol. The van der Waals surface area contributed by atoms with Crippen LogP contribution in [0.5, 0.6) is 5.75 Å². The lowest BCUT2D eigenvalue weighted by Gasteiger charge is -2.39. The summed E-state index contributed by atoms with van der Waals surface area (Å²) in [4.78, 5) is 14.8. The van der Waals surface area contributed by atoms with Crippen LogP contribution in [0.15, 0.2) is 114 Å². The van der Waals surface area contributed by atoms with E-state index < -0.39 is 10.0 Å². The van der Waals surface area contributed by atoms with Gasteiger partial charge in [0.25, 0.3) is 5.91 Å². The molecule has 9 heteroatoms. The quantitative estimate of drug-likeness (QED) is 0.287. The molecule has 7 nitrogen and oxygen atoms in total. The lowest BCUT2D eigenvalue weighted by molar-refractivity contribution is -0.118. The summed E-state index contributed by atoms with van der Waals surface area (Å²) in [5, 5.41) is 3.13. The molecule has 0 atom stereocenters. The predicted octanol–water partition coefficient (Wildman–Crippen LogP) is 5.45. The molecule has 4 aromatic carbocycles. The molecule has 1 saturated heterocycles. The minimum atomic E-state index is -3.68. The second kappa shape index (κ2) is 12.7. The highest BCUT2D eigenvalue weighted by atomic mass is 35.5. The van der Waals surface area contributed by atoms with E-state index in [4.69, 9.17) is 16.3 Å². The molecule has 0 aliphatic carbocycles. The van der Waals surface area contributed by atoms with Crippen LogP contribution < -0.4 is 10.1 Å². The van der Waals surface area contributed by atoms with Gasteiger partial charge >= 0.3 is 0 Å². The number of carbonyl (C=O) groups is 1. The molecule has 1 aliphatic heterocycles. The second-order valence-electron chi connectivity index (χ2n) is 9.46. The second-order valence-corrected chi connectivity index (χ2v) is 11.8. The zero-order valence-electron chi connectivity index (χ0n) is 21.8. The summed E-state index contributed by atoms with van der Waals surface area (Å²) in [5.74, 6) is 0.0396. The number of hydrogen-bond acceptors (Lipinski definition) is 5. The molecule has 0 bridgehead atoms. The van der Waals surface area contributed by atoms with Crippen molar-refractivity contribution in [1.29, 1.82) is 0 Å². The topological polar surface area (TPSA) is 78.9 Å². The molecule has 1 heterocycles. The maximum atomic E-state index is 13.4. The molecule has 40 heavy (non-hydrogen) atoms. The Morgan fingerprint density at radius 1 is 0.775 bits per heavy atom. The van der Waals surface area contributed by atoms with E-state index in [-0.39, 0.29) is 23.5 Å². The van der Waals surface area contributed by atoms with Gasteiger partial charge in [0.2, 0.25) is 10.0 Å². The summed E-state index contributed by atoms with van der Waals surface area (Å²) in [6.45, 7) is 1.76. The highest BCUT2D eigenvalue weighted by molar-refractivity contribution is 7.89. The zero-order valence-corrected chi connectivity index (χ0v) is 23.4. The number of nitrogens with zero attached hydrogens (tertiary/aromatic N) is 2. The van der Waals surface area contributed by atoms with E-state index in [9.17, 15) is 13.2 Å². The number of nitrogens with one attached hydrogen (secondary N) is 1. The van der Waals surface area contributed by atoms with Gasteiger partial charge in [-0.25, -0.2) is 8.42 Å². The van der Waals surface area contributed by atoms with Crippen LogP contribution in [0, 0.1) is 0 Å². The van der Waals surface area contributed by atoms with Crippen LogP contribution in [-0.4, -0.2) is 56.3 Å². The van der Waals surface area contributed by atoms with E-state index in [1.807, 2.05) is 36.4 Å². The molecule has 1 fully saturated rings. The molecule has 0 spiro atoms. The number of amides is 1. The molecule has 0 aromatic heterocycles. The molecule has 206 valence electrons. The van der Waals surface area contributed by atoms with Crippen molar-refractivity contribution < 1.29 is 17.9 Å². The van der Waals surface area contributed by atoms with E-state index >= 15 is 0 Å². The third-order valence-corrected chi connectivity index (χ3v) is 9.07. The Balaban J connectivity index is 1.20. The van der Waals surface area contributed by atoms with Gasteiger partial charge in [-0.15, -0.1) is 0 Å². The van der Waals surface area contributed by atoms with Gasteiger partial charge in [0.1, 0.15) is 5.75 Å². The van der Waals surface area contributed by atoms with Crippen molar-refractivity contribution in [2.45, 2.75) is 10.9 Å². The van der Waals surface area contributed by atoms with Gasteiger partial charge in [-0.2, -0.15) is 4.31 Å². The molecule has 1 N–H and O–H groups in total. The van der Waals surface area contributed by atoms with Gasteiger partial charge < -0.3 is 10.1 Å². The first-order valence-corrected chi connectivity index (χ1v) is 14.8. The van der Waals surface area contributed by atoms with Crippen LogP contribution in [0.4, 0.5) is 5.69 Å². The number of sulfonamides is 1. The van der Waals surface area contributed by atoms with E-state index in [1.165, 1.54) is 27.6 Å². The van der Waals surface area contributed by atoms with Crippen molar-refractivity contribution >= 4 is 33.2 Å². The minimum Gasteiger partial charge on any atom is -0.482 e. The van der Waals surface area contributed by atoms with Crippen LogP contribution >= 0.6 is 11.6 Å². The van der Waals surface area contributed by atoms with E-state index in [2.05, 4.69) is 34.5 Å². The summed E-state index contributed by atoms with van der Waals surface area (Å²) in [5.41, 5.74) is 2.84. The zero-order chi connectivity index (χ0) is 28.0. The Kier molecular flexibility index (Phi) is 8.81. The van der Waals surface area contributed by atoms with Crippen molar-refractivity contribution in [3.05, 3.63) is 125 Å². The van der Waals surface area contributed by atoms with Crippen molar-refractivity contribution in [2.75, 3.05) is 38.1 Å². The van der Waals surface area contributed by atoms with Gasteiger partial charge in [0.15, 0.2) is 6.61 Å². The first-order chi connectivity index (χ1) is 19.4. The Morgan fingerprint density at radius 2 is 1.32 bits per heavy atom. The third kappa shape index (κ3) is 6.54. The number of hydrogen-bond donors (Lipinski definition) is 1. The fourth-order valence-corrected chi connectivity index (χ4v) is 6.46. The molecule has 1 aliphatic rings. The van der Waals surface area contributed by atoms with Gasteiger partial charge in [-0.05, 0) is 47.5 Å². The average Bonchev–Trinajstić information content (AvgIpc) is 2.99. The smallest absolute Gasteiger partial charge is 0.262 e. The van der Waals surface area contributed by atoms with E-state index in [1.54, 1.807) is 36.4 Å². The number of ether oxygens (including phenoxy) is 1. The lowest BCUT2D eigenvalue weighted by atomic mass is 9.96. The fourth-order valence-electron chi connectivity index (χ4n) is 4.85. The average molecular weight is 576 g/mol. The minimum absolute atomic E-state index is 0.0528. The molecule has 5 rings (SSSR count). The molecule has 0 saturated carbocycles. The highest BCUT2D eigenvalue weighted by Gasteiger charge is 2.32. The first kappa shape index (κ1) is 27.9. The Labute approximate surface area is 240 Å². The van der Waals surface area contributed by atoms with Crippen LogP contribution in [0.1, 0.15) is 17.2 Å². The summed E-state index contributed by atoms with van der Waals surface area (Å²) < 4.78 is 33.8. The van der Waals surface area contributed by atoms with Crippen LogP contribution in [0.25, 0.3) is 0 Å². The number of piperazine rings is 1. The van der Waals surface area contributed by atoms with Crippen molar-refractivity contribution in [3.8, 4) is 5.75 Å². The molecule has 1 amide bonds. The number of para-hydroxylation sites is 1. The van der Waals surface area contributed by atoms with Gasteiger partial charge in [0.05, 0.1) is 16.0 Å². The summed E-state index contributed by atoms with van der Waals surface area (Å²) in [7, 11) is -3.68. The lowest BCUT2D eigenvalue weighted by Crippen LogP contribution is -2.49. The number of carbonyl (C=O) groups excluding carboxylic acids is 1. The summed E-state index contributed by atoms with van der Waals surface area (Å²) >= 11 is 6.05. The normalized spacial score (nSPS) is 14.7. The van der Waals surface area contributed by atoms with Crippen LogP contribution in [0.2, 0.25) is 5.02 Å². The Hall–Kier alpha value is -3.69. The fraction of sp³-hybridized carbons (Fsp3) is 0.194. The Morgan fingerprint density at radius 3 is 1.90 bits per heavy atom. The van der Waals surface area contributed by atoms with Crippen molar-refractivity contribution in [3.63, 3.8) is 0 Å². The number of rotatable bonds is 9. The highest BCUT2D eigenvalue weighted by Crippen LogP contribution is 2.30. The third-order valence-electron chi connectivity index (χ3n) is 6.84. The molecular formula is C31H30ClN3O4S. The molecule has 0 radical (unpaired) electrons. The summed E-state index contributed by atoms with van der Waals surface area (Å²) in [6.07, 6.45) is 0. The van der Waals surface area contributed by atoms with Gasteiger partial charge in [-0.3, -0.25) is 9.69 Å².